The lowest BCUT2D eigenvalue weighted by Crippen LogP contribution is -2.17. The predicted octanol–water partition coefficient (Wildman–Crippen LogP) is 2.71. The maximum atomic E-state index is 5.24. The molecule has 0 saturated heterocycles. The van der Waals surface area contributed by atoms with Gasteiger partial charge in [-0.25, -0.2) is 0 Å². The van der Waals surface area contributed by atoms with Crippen molar-refractivity contribution in [2.75, 3.05) is 7.05 Å². The maximum Gasteiger partial charge on any atom is 0.229 e. The van der Waals surface area contributed by atoms with Crippen molar-refractivity contribution in [2.24, 2.45) is 5.92 Å². The first-order valence-corrected chi connectivity index (χ1v) is 7.32. The van der Waals surface area contributed by atoms with E-state index in [1.165, 1.54) is 18.4 Å². The molecule has 2 aromatic rings. The Kier molecular flexibility index (Phi) is 3.61. The highest BCUT2D eigenvalue weighted by Gasteiger charge is 2.31. The van der Waals surface area contributed by atoms with Crippen molar-refractivity contribution >= 4 is 0 Å². The minimum atomic E-state index is 0.278. The van der Waals surface area contributed by atoms with Gasteiger partial charge >= 0.3 is 0 Å². The van der Waals surface area contributed by atoms with Crippen molar-refractivity contribution in [1.29, 1.82) is 0 Å². The minimum absolute atomic E-state index is 0.278. The summed E-state index contributed by atoms with van der Waals surface area (Å²) in [6.45, 7) is 4.77. The third kappa shape index (κ3) is 2.77. The Labute approximate surface area is 119 Å². The number of hydrogen-bond donors (Lipinski definition) is 1. The Morgan fingerprint density at radius 1 is 1.45 bits per heavy atom. The lowest BCUT2D eigenvalue weighted by Gasteiger charge is -2.13. The predicted molar refractivity (Wildman–Crippen MR) is 76.4 cm³/mol. The second-order valence-electron chi connectivity index (χ2n) is 5.92. The van der Waals surface area contributed by atoms with Crippen molar-refractivity contribution in [3.05, 3.63) is 35.7 Å². The van der Waals surface area contributed by atoms with E-state index in [4.69, 9.17) is 4.52 Å². The summed E-state index contributed by atoms with van der Waals surface area (Å²) in [7, 11) is 2.04. The molecular formula is C15H22N4O. The highest BCUT2D eigenvalue weighted by atomic mass is 16.5. The number of nitrogens with zero attached hydrogens (tertiary/aromatic N) is 3. The van der Waals surface area contributed by atoms with Crippen molar-refractivity contribution < 1.29 is 4.52 Å². The van der Waals surface area contributed by atoms with Crippen LogP contribution in [-0.4, -0.2) is 21.8 Å². The standard InChI is InChI=1S/C15H22N4O/c1-10(2)15-17-13(18-20-15)9-19-7-6-12(8-19)14(16-3)11-4-5-11/h6-8,10-11,14,16H,4-5,9H2,1-3H3. The summed E-state index contributed by atoms with van der Waals surface area (Å²) in [5.41, 5.74) is 1.35. The molecule has 1 unspecified atom stereocenters. The summed E-state index contributed by atoms with van der Waals surface area (Å²) < 4.78 is 7.36. The fraction of sp³-hybridized carbons (Fsp3) is 0.600. The second-order valence-corrected chi connectivity index (χ2v) is 5.92. The normalized spacial score (nSPS) is 16.8. The van der Waals surface area contributed by atoms with Crippen LogP contribution in [0.4, 0.5) is 0 Å². The van der Waals surface area contributed by atoms with Crippen LogP contribution in [0.1, 0.15) is 55.9 Å². The smallest absolute Gasteiger partial charge is 0.229 e. The molecule has 1 N–H and O–H groups in total. The van der Waals surface area contributed by atoms with Gasteiger partial charge in [0.15, 0.2) is 5.82 Å². The zero-order valence-electron chi connectivity index (χ0n) is 12.3. The van der Waals surface area contributed by atoms with E-state index in [2.05, 4.69) is 52.3 Å². The van der Waals surface area contributed by atoms with E-state index in [1.807, 2.05) is 7.05 Å². The van der Waals surface area contributed by atoms with E-state index >= 15 is 0 Å². The van der Waals surface area contributed by atoms with Crippen molar-refractivity contribution in [1.82, 2.24) is 20.0 Å². The molecule has 0 aliphatic heterocycles. The second kappa shape index (κ2) is 5.40. The van der Waals surface area contributed by atoms with Crippen LogP contribution in [0.5, 0.6) is 0 Å². The molecule has 0 radical (unpaired) electrons. The fourth-order valence-corrected chi connectivity index (χ4v) is 2.58. The summed E-state index contributed by atoms with van der Waals surface area (Å²) >= 11 is 0. The molecule has 5 heteroatoms. The van der Waals surface area contributed by atoms with E-state index in [1.54, 1.807) is 0 Å². The number of aromatic nitrogens is 3. The van der Waals surface area contributed by atoms with Gasteiger partial charge in [0.05, 0.1) is 6.54 Å². The van der Waals surface area contributed by atoms with Gasteiger partial charge in [0.2, 0.25) is 5.89 Å². The molecule has 1 fully saturated rings. The zero-order chi connectivity index (χ0) is 14.1. The SMILES string of the molecule is CNC(c1ccn(Cc2noc(C(C)C)n2)c1)C1CC1. The van der Waals surface area contributed by atoms with Crippen molar-refractivity contribution in [3.8, 4) is 0 Å². The lowest BCUT2D eigenvalue weighted by atomic mass is 10.1. The van der Waals surface area contributed by atoms with Crippen LogP contribution in [0, 0.1) is 5.92 Å². The molecule has 1 saturated carbocycles. The summed E-state index contributed by atoms with van der Waals surface area (Å²) in [6, 6.07) is 2.66. The molecule has 3 rings (SSSR count). The molecule has 2 aromatic heterocycles. The van der Waals surface area contributed by atoms with Gasteiger partial charge in [-0.15, -0.1) is 0 Å². The van der Waals surface area contributed by atoms with Crippen molar-refractivity contribution in [2.45, 2.75) is 45.2 Å². The number of hydrogen-bond acceptors (Lipinski definition) is 4. The molecule has 108 valence electrons. The Bertz CT molecular complexity index is 568. The zero-order valence-corrected chi connectivity index (χ0v) is 12.3. The highest BCUT2D eigenvalue weighted by Crippen LogP contribution is 2.40. The van der Waals surface area contributed by atoms with Gasteiger partial charge < -0.3 is 14.4 Å². The minimum Gasteiger partial charge on any atom is -0.346 e. The van der Waals surface area contributed by atoms with Crippen LogP contribution in [0.15, 0.2) is 23.0 Å². The first-order valence-electron chi connectivity index (χ1n) is 7.32. The average molecular weight is 274 g/mol. The molecule has 0 aromatic carbocycles. The fourth-order valence-electron chi connectivity index (χ4n) is 2.58. The van der Waals surface area contributed by atoms with Crippen molar-refractivity contribution in [3.63, 3.8) is 0 Å². The molecule has 0 amide bonds. The molecule has 0 spiro atoms. The maximum absolute atomic E-state index is 5.24. The van der Waals surface area contributed by atoms with E-state index in [9.17, 15) is 0 Å². The monoisotopic (exact) mass is 274 g/mol. The molecule has 0 bridgehead atoms. The molecule has 1 aliphatic carbocycles. The Morgan fingerprint density at radius 2 is 2.25 bits per heavy atom. The molecule has 5 nitrogen and oxygen atoms in total. The summed E-state index contributed by atoms with van der Waals surface area (Å²) in [4.78, 5) is 4.41. The van der Waals surface area contributed by atoms with Crippen LogP contribution < -0.4 is 5.32 Å². The Morgan fingerprint density at radius 3 is 2.85 bits per heavy atom. The quantitative estimate of drug-likeness (QED) is 0.880. The van der Waals surface area contributed by atoms with Gasteiger partial charge in [0.1, 0.15) is 0 Å². The van der Waals surface area contributed by atoms with E-state index in [0.29, 0.717) is 18.5 Å². The van der Waals surface area contributed by atoms with E-state index in [0.717, 1.165) is 11.7 Å². The highest BCUT2D eigenvalue weighted by molar-refractivity contribution is 5.18. The van der Waals surface area contributed by atoms with Gasteiger partial charge in [-0.1, -0.05) is 19.0 Å². The van der Waals surface area contributed by atoms with Gasteiger partial charge in [-0.2, -0.15) is 4.98 Å². The molecule has 1 aliphatic rings. The van der Waals surface area contributed by atoms with Gasteiger partial charge in [-0.3, -0.25) is 0 Å². The molecule has 2 heterocycles. The molecule has 20 heavy (non-hydrogen) atoms. The van der Waals surface area contributed by atoms with Gasteiger partial charge in [-0.05, 0) is 37.4 Å². The van der Waals surface area contributed by atoms with E-state index < -0.39 is 0 Å². The van der Waals surface area contributed by atoms with Gasteiger partial charge in [0.25, 0.3) is 0 Å². The van der Waals surface area contributed by atoms with Crippen LogP contribution in [0.25, 0.3) is 0 Å². The Balaban J connectivity index is 1.69. The van der Waals surface area contributed by atoms with Crippen LogP contribution in [0.2, 0.25) is 0 Å². The van der Waals surface area contributed by atoms with Gasteiger partial charge in [0, 0.05) is 24.4 Å². The van der Waals surface area contributed by atoms with Crippen LogP contribution in [-0.2, 0) is 6.54 Å². The molecular weight excluding hydrogens is 252 g/mol. The average Bonchev–Trinajstić information content (AvgIpc) is 2.97. The van der Waals surface area contributed by atoms with E-state index in [-0.39, 0.29) is 5.92 Å². The first kappa shape index (κ1) is 13.4. The van der Waals surface area contributed by atoms with Crippen LogP contribution >= 0.6 is 0 Å². The number of rotatable bonds is 6. The third-order valence-electron chi connectivity index (χ3n) is 3.84. The Hall–Kier alpha value is -1.62. The lowest BCUT2D eigenvalue weighted by molar-refractivity contribution is 0.360. The third-order valence-corrected chi connectivity index (χ3v) is 3.84. The first-order chi connectivity index (χ1) is 9.67. The summed E-state index contributed by atoms with van der Waals surface area (Å²) in [5, 5.41) is 7.45. The topological polar surface area (TPSA) is 55.9 Å². The van der Waals surface area contributed by atoms with Crippen LogP contribution in [0.3, 0.4) is 0 Å². The summed E-state index contributed by atoms with van der Waals surface area (Å²) in [5.74, 6) is 2.52. The number of nitrogens with one attached hydrogen (secondary N) is 1. The largest absolute Gasteiger partial charge is 0.346 e. The summed E-state index contributed by atoms with van der Waals surface area (Å²) in [6.07, 6.45) is 6.94. The molecule has 1 atom stereocenters.